The molecule has 3 rings (SSSR count). The molecule has 0 aliphatic carbocycles. The summed E-state index contributed by atoms with van der Waals surface area (Å²) in [6, 6.07) is 12.5. The summed E-state index contributed by atoms with van der Waals surface area (Å²) in [6.07, 6.45) is 0.431. The molecular weight excluding hydrogens is 354 g/mol. The number of carbonyl (C=O) groups is 2. The molecule has 1 saturated heterocycles. The van der Waals surface area contributed by atoms with Gasteiger partial charge in [-0.15, -0.1) is 0 Å². The number of ether oxygens (including phenoxy) is 1. The summed E-state index contributed by atoms with van der Waals surface area (Å²) in [4.78, 5) is 26.1. The highest BCUT2D eigenvalue weighted by atomic mass is 32.2. The average Bonchev–Trinajstić information content (AvgIpc) is 2.99. The number of sulfone groups is 1. The van der Waals surface area contributed by atoms with E-state index in [1.54, 1.807) is 19.1 Å². The number of hydrogen-bond donors (Lipinski definition) is 0. The normalized spacial score (nSPS) is 18.6. The number of benzene rings is 2. The van der Waals surface area contributed by atoms with Crippen LogP contribution < -0.4 is 0 Å². The van der Waals surface area contributed by atoms with Crippen molar-refractivity contribution in [3.8, 4) is 0 Å². The monoisotopic (exact) mass is 375 g/mol. The summed E-state index contributed by atoms with van der Waals surface area (Å²) in [7, 11) is -3.08. The Morgan fingerprint density at radius 3 is 2.54 bits per heavy atom. The Kier molecular flexibility index (Phi) is 5.27. The van der Waals surface area contributed by atoms with Crippen molar-refractivity contribution in [3.05, 3.63) is 48.0 Å². The molecule has 7 heteroatoms. The van der Waals surface area contributed by atoms with Crippen LogP contribution in [-0.4, -0.2) is 55.9 Å². The molecule has 1 aliphatic heterocycles. The van der Waals surface area contributed by atoms with E-state index < -0.39 is 22.4 Å². The van der Waals surface area contributed by atoms with Crippen LogP contribution >= 0.6 is 0 Å². The largest absolute Gasteiger partial charge is 0.452 e. The fourth-order valence-electron chi connectivity index (χ4n) is 3.27. The smallest absolute Gasteiger partial charge is 0.338 e. The maximum Gasteiger partial charge on any atom is 0.338 e. The van der Waals surface area contributed by atoms with Crippen molar-refractivity contribution < 1.29 is 22.7 Å². The molecule has 1 atom stereocenters. The molecule has 1 heterocycles. The summed E-state index contributed by atoms with van der Waals surface area (Å²) in [5, 5.41) is 1.93. The molecule has 1 amide bonds. The molecule has 0 aromatic heterocycles. The van der Waals surface area contributed by atoms with Gasteiger partial charge in [-0.05, 0) is 36.2 Å². The van der Waals surface area contributed by atoms with Crippen LogP contribution in [0.4, 0.5) is 0 Å². The van der Waals surface area contributed by atoms with E-state index in [4.69, 9.17) is 4.74 Å². The van der Waals surface area contributed by atoms with Gasteiger partial charge in [0.15, 0.2) is 16.4 Å². The lowest BCUT2D eigenvalue weighted by Gasteiger charge is -2.26. The second-order valence-corrected chi connectivity index (χ2v) is 8.60. The summed E-state index contributed by atoms with van der Waals surface area (Å²) in [6.45, 7) is 1.77. The lowest BCUT2D eigenvalue weighted by Crippen LogP contribution is -2.43. The summed E-state index contributed by atoms with van der Waals surface area (Å²) < 4.78 is 28.4. The van der Waals surface area contributed by atoms with Crippen molar-refractivity contribution in [2.45, 2.75) is 19.4 Å². The molecule has 26 heavy (non-hydrogen) atoms. The van der Waals surface area contributed by atoms with Crippen LogP contribution in [0.25, 0.3) is 10.8 Å². The number of nitrogens with zero attached hydrogens (tertiary/aromatic N) is 1. The zero-order valence-corrected chi connectivity index (χ0v) is 15.4. The fraction of sp³-hybridized carbons (Fsp3) is 0.368. The van der Waals surface area contributed by atoms with E-state index in [0.29, 0.717) is 18.5 Å². The first-order chi connectivity index (χ1) is 12.4. The van der Waals surface area contributed by atoms with Gasteiger partial charge in [0.25, 0.3) is 5.91 Å². The first kappa shape index (κ1) is 18.4. The second kappa shape index (κ2) is 7.45. The van der Waals surface area contributed by atoms with Gasteiger partial charge in [-0.2, -0.15) is 0 Å². The van der Waals surface area contributed by atoms with Crippen LogP contribution in [-0.2, 0) is 19.4 Å². The van der Waals surface area contributed by atoms with Gasteiger partial charge in [0, 0.05) is 12.6 Å². The van der Waals surface area contributed by atoms with Crippen LogP contribution in [0.5, 0.6) is 0 Å². The molecule has 138 valence electrons. The molecule has 2 aromatic rings. The number of hydrogen-bond acceptors (Lipinski definition) is 5. The fourth-order valence-corrected chi connectivity index (χ4v) is 5.00. The predicted molar refractivity (Wildman–Crippen MR) is 98.7 cm³/mol. The molecule has 0 spiro atoms. The molecule has 0 unspecified atom stereocenters. The van der Waals surface area contributed by atoms with Gasteiger partial charge >= 0.3 is 5.97 Å². The molecule has 0 saturated carbocycles. The lowest BCUT2D eigenvalue weighted by atomic mass is 10.1. The van der Waals surface area contributed by atoms with Crippen LogP contribution in [0.2, 0.25) is 0 Å². The summed E-state index contributed by atoms with van der Waals surface area (Å²) >= 11 is 0. The molecule has 0 bridgehead atoms. The van der Waals surface area contributed by atoms with Crippen LogP contribution in [0, 0.1) is 0 Å². The Morgan fingerprint density at radius 1 is 1.15 bits per heavy atom. The van der Waals surface area contributed by atoms with Gasteiger partial charge in [-0.1, -0.05) is 30.3 Å². The number of carbonyl (C=O) groups excluding carboxylic acids is 2. The number of fused-ring (bicyclic) bond motifs is 1. The molecule has 1 aliphatic rings. The van der Waals surface area contributed by atoms with Crippen molar-refractivity contribution in [1.29, 1.82) is 0 Å². The topological polar surface area (TPSA) is 80.8 Å². The Hall–Kier alpha value is -2.41. The minimum absolute atomic E-state index is 0.0226. The zero-order valence-electron chi connectivity index (χ0n) is 14.6. The minimum Gasteiger partial charge on any atom is -0.452 e. The maximum atomic E-state index is 12.4. The van der Waals surface area contributed by atoms with E-state index in [9.17, 15) is 18.0 Å². The molecule has 0 N–H and O–H groups in total. The van der Waals surface area contributed by atoms with Crippen molar-refractivity contribution in [1.82, 2.24) is 4.90 Å². The SMILES string of the molecule is CCN(C(=O)COC(=O)c1ccc2ccccc2c1)[C@@H]1CCS(=O)(=O)C1. The van der Waals surface area contributed by atoms with Crippen LogP contribution in [0.3, 0.4) is 0 Å². The highest BCUT2D eigenvalue weighted by Gasteiger charge is 2.34. The molecular formula is C19H21NO5S. The van der Waals surface area contributed by atoms with E-state index in [1.165, 1.54) is 4.90 Å². The van der Waals surface area contributed by atoms with Gasteiger partial charge in [0.2, 0.25) is 0 Å². The molecule has 2 aromatic carbocycles. The zero-order chi connectivity index (χ0) is 18.7. The standard InChI is InChI=1S/C19H21NO5S/c1-2-20(17-9-10-26(23,24)13-17)18(21)12-25-19(22)16-8-7-14-5-3-4-6-15(14)11-16/h3-8,11,17H,2,9-10,12-13H2,1H3/t17-/m1/s1. The van der Waals surface area contributed by atoms with Gasteiger partial charge in [0.1, 0.15) is 0 Å². The van der Waals surface area contributed by atoms with E-state index in [2.05, 4.69) is 0 Å². The predicted octanol–water partition coefficient (Wildman–Crippen LogP) is 2.03. The van der Waals surface area contributed by atoms with Crippen molar-refractivity contribution in [2.75, 3.05) is 24.7 Å². The Bertz CT molecular complexity index is 938. The molecule has 6 nitrogen and oxygen atoms in total. The number of likely N-dealkylation sites (N-methyl/N-ethyl adjacent to an activating group) is 1. The Balaban J connectivity index is 1.63. The van der Waals surface area contributed by atoms with Crippen molar-refractivity contribution in [3.63, 3.8) is 0 Å². The average molecular weight is 375 g/mol. The lowest BCUT2D eigenvalue weighted by molar-refractivity contribution is -0.136. The minimum atomic E-state index is -3.08. The van der Waals surface area contributed by atoms with Crippen LogP contribution in [0.15, 0.2) is 42.5 Å². The second-order valence-electron chi connectivity index (χ2n) is 6.37. The van der Waals surface area contributed by atoms with E-state index in [0.717, 1.165) is 10.8 Å². The first-order valence-electron chi connectivity index (χ1n) is 8.55. The molecule has 0 radical (unpaired) electrons. The van der Waals surface area contributed by atoms with Gasteiger partial charge in [-0.3, -0.25) is 4.79 Å². The van der Waals surface area contributed by atoms with E-state index in [-0.39, 0.29) is 23.5 Å². The summed E-state index contributed by atoms with van der Waals surface area (Å²) in [5.41, 5.74) is 0.378. The summed E-state index contributed by atoms with van der Waals surface area (Å²) in [5.74, 6) is -0.869. The van der Waals surface area contributed by atoms with Gasteiger partial charge in [-0.25, -0.2) is 13.2 Å². The van der Waals surface area contributed by atoms with Crippen LogP contribution in [0.1, 0.15) is 23.7 Å². The van der Waals surface area contributed by atoms with Gasteiger partial charge in [0.05, 0.1) is 17.1 Å². The van der Waals surface area contributed by atoms with E-state index in [1.807, 2.05) is 30.3 Å². The van der Waals surface area contributed by atoms with E-state index >= 15 is 0 Å². The quantitative estimate of drug-likeness (QED) is 0.747. The maximum absolute atomic E-state index is 12.4. The highest BCUT2D eigenvalue weighted by Crippen LogP contribution is 2.19. The third-order valence-corrected chi connectivity index (χ3v) is 6.37. The van der Waals surface area contributed by atoms with Crippen molar-refractivity contribution >= 4 is 32.5 Å². The number of rotatable bonds is 5. The highest BCUT2D eigenvalue weighted by molar-refractivity contribution is 7.91. The Labute approximate surface area is 152 Å². The third kappa shape index (κ3) is 4.04. The number of esters is 1. The molecule has 1 fully saturated rings. The van der Waals surface area contributed by atoms with Crippen molar-refractivity contribution in [2.24, 2.45) is 0 Å². The van der Waals surface area contributed by atoms with Gasteiger partial charge < -0.3 is 9.64 Å². The first-order valence-corrected chi connectivity index (χ1v) is 10.4. The Morgan fingerprint density at radius 2 is 1.88 bits per heavy atom. The number of amides is 1. The third-order valence-electron chi connectivity index (χ3n) is 4.62.